The summed E-state index contributed by atoms with van der Waals surface area (Å²) in [6, 6.07) is 2.32. The lowest BCUT2D eigenvalue weighted by Crippen LogP contribution is -2.46. The fraction of sp³-hybridized carbons (Fsp3) is 0.478. The SMILES string of the molecule is CCC.CCOC(=O)CCC(NC(=O)CNC(=O)/C(C=Nc1cccnc1)=C/N)C(=O)OCC. The van der Waals surface area contributed by atoms with Gasteiger partial charge in [0, 0.05) is 25.0 Å². The lowest BCUT2D eigenvalue weighted by Gasteiger charge is -2.17. The molecular formula is C23H35N5O6. The predicted molar refractivity (Wildman–Crippen MR) is 128 cm³/mol. The number of carbonyl (C=O) groups excluding carboxylic acids is 4. The van der Waals surface area contributed by atoms with Crippen molar-refractivity contribution >= 4 is 35.7 Å². The van der Waals surface area contributed by atoms with Crippen LogP contribution in [0.15, 0.2) is 41.3 Å². The minimum atomic E-state index is -1.05. The van der Waals surface area contributed by atoms with E-state index in [0.29, 0.717) is 5.69 Å². The van der Waals surface area contributed by atoms with Gasteiger partial charge < -0.3 is 25.8 Å². The van der Waals surface area contributed by atoms with Gasteiger partial charge in [-0.25, -0.2) is 4.79 Å². The maximum Gasteiger partial charge on any atom is 0.328 e. The van der Waals surface area contributed by atoms with Gasteiger partial charge in [-0.2, -0.15) is 0 Å². The fourth-order valence-electron chi connectivity index (χ4n) is 2.25. The Labute approximate surface area is 200 Å². The lowest BCUT2D eigenvalue weighted by atomic mass is 10.1. The van der Waals surface area contributed by atoms with Crippen molar-refractivity contribution in [2.24, 2.45) is 10.7 Å². The number of esters is 2. The quantitative estimate of drug-likeness (QED) is 0.232. The topological polar surface area (TPSA) is 162 Å². The van der Waals surface area contributed by atoms with Crippen LogP contribution in [0.4, 0.5) is 5.69 Å². The van der Waals surface area contributed by atoms with Crippen LogP contribution in [0.1, 0.15) is 47.0 Å². The van der Waals surface area contributed by atoms with Gasteiger partial charge in [0.15, 0.2) is 0 Å². The van der Waals surface area contributed by atoms with Gasteiger partial charge in [0.05, 0.1) is 37.2 Å². The van der Waals surface area contributed by atoms with Crippen molar-refractivity contribution in [2.45, 2.75) is 53.0 Å². The van der Waals surface area contributed by atoms with E-state index < -0.39 is 36.3 Å². The molecule has 1 aromatic heterocycles. The molecule has 0 aliphatic heterocycles. The summed E-state index contributed by atoms with van der Waals surface area (Å²) in [5, 5.41) is 4.82. The first-order valence-electron chi connectivity index (χ1n) is 11.1. The van der Waals surface area contributed by atoms with Crippen molar-refractivity contribution < 1.29 is 28.7 Å². The minimum absolute atomic E-state index is 0.00305. The molecule has 4 N–H and O–H groups in total. The average Bonchev–Trinajstić information content (AvgIpc) is 2.82. The number of nitrogens with zero attached hydrogens (tertiary/aromatic N) is 2. The monoisotopic (exact) mass is 477 g/mol. The highest BCUT2D eigenvalue weighted by atomic mass is 16.5. The highest BCUT2D eigenvalue weighted by molar-refractivity contribution is 6.13. The van der Waals surface area contributed by atoms with Crippen molar-refractivity contribution in [3.05, 3.63) is 36.3 Å². The molecule has 188 valence electrons. The molecule has 0 bridgehead atoms. The summed E-state index contributed by atoms with van der Waals surface area (Å²) < 4.78 is 9.73. The van der Waals surface area contributed by atoms with Gasteiger partial charge in [-0.05, 0) is 32.4 Å². The molecule has 0 fully saturated rings. The molecule has 34 heavy (non-hydrogen) atoms. The third-order valence-corrected chi connectivity index (χ3v) is 3.70. The van der Waals surface area contributed by atoms with E-state index in [0.717, 1.165) is 6.20 Å². The number of pyridine rings is 1. The Balaban J connectivity index is 0.00000343. The Hall–Kier alpha value is -3.76. The first-order chi connectivity index (χ1) is 16.3. The van der Waals surface area contributed by atoms with E-state index in [4.69, 9.17) is 15.2 Å². The third-order valence-electron chi connectivity index (χ3n) is 3.70. The molecule has 0 spiro atoms. The fourth-order valence-corrected chi connectivity index (χ4v) is 2.25. The maximum atomic E-state index is 12.2. The Morgan fingerprint density at radius 2 is 1.82 bits per heavy atom. The molecule has 1 unspecified atom stereocenters. The van der Waals surface area contributed by atoms with Crippen LogP contribution in [0.2, 0.25) is 0 Å². The molecule has 1 aromatic rings. The molecule has 0 aromatic carbocycles. The molecule has 1 heterocycles. The van der Waals surface area contributed by atoms with Crippen LogP contribution in [0, 0.1) is 0 Å². The number of aromatic nitrogens is 1. The second-order valence-corrected chi connectivity index (χ2v) is 6.70. The smallest absolute Gasteiger partial charge is 0.328 e. The van der Waals surface area contributed by atoms with Crippen molar-refractivity contribution in [1.29, 1.82) is 0 Å². The molecular weight excluding hydrogens is 442 g/mol. The molecule has 2 amide bonds. The van der Waals surface area contributed by atoms with E-state index in [1.807, 2.05) is 0 Å². The summed E-state index contributed by atoms with van der Waals surface area (Å²) in [5.74, 6) is -2.46. The van der Waals surface area contributed by atoms with Crippen molar-refractivity contribution in [3.8, 4) is 0 Å². The normalized spacial score (nSPS) is 11.6. The highest BCUT2D eigenvalue weighted by Crippen LogP contribution is 2.07. The van der Waals surface area contributed by atoms with Crippen LogP contribution in [-0.4, -0.2) is 60.8 Å². The molecule has 0 aliphatic rings. The average molecular weight is 478 g/mol. The Bertz CT molecular complexity index is 826. The number of carbonyl (C=O) groups is 4. The van der Waals surface area contributed by atoms with Gasteiger partial charge in [0.2, 0.25) is 5.91 Å². The summed E-state index contributed by atoms with van der Waals surface area (Å²) in [6.07, 6.45) is 6.55. The number of aliphatic imine (C=N–C) groups is 1. The summed E-state index contributed by atoms with van der Waals surface area (Å²) >= 11 is 0. The van der Waals surface area contributed by atoms with E-state index in [9.17, 15) is 19.2 Å². The third kappa shape index (κ3) is 13.6. The number of hydrogen-bond acceptors (Lipinski definition) is 9. The summed E-state index contributed by atoms with van der Waals surface area (Å²) in [6.45, 7) is 7.43. The van der Waals surface area contributed by atoms with Gasteiger partial charge in [-0.1, -0.05) is 20.3 Å². The zero-order valence-corrected chi connectivity index (χ0v) is 20.2. The lowest BCUT2D eigenvalue weighted by molar-refractivity contribution is -0.148. The molecule has 0 saturated carbocycles. The number of rotatable bonds is 12. The van der Waals surface area contributed by atoms with Gasteiger partial charge >= 0.3 is 11.9 Å². The Morgan fingerprint density at radius 1 is 1.15 bits per heavy atom. The van der Waals surface area contributed by atoms with Crippen molar-refractivity contribution in [1.82, 2.24) is 15.6 Å². The molecule has 11 nitrogen and oxygen atoms in total. The zero-order valence-electron chi connectivity index (χ0n) is 20.2. The second kappa shape index (κ2) is 18.8. The maximum absolute atomic E-state index is 12.2. The molecule has 0 aliphatic carbocycles. The molecule has 0 saturated heterocycles. The molecule has 1 rings (SSSR count). The molecule has 1 atom stereocenters. The van der Waals surface area contributed by atoms with Crippen LogP contribution in [0.5, 0.6) is 0 Å². The number of nitrogens with two attached hydrogens (primary N) is 1. The molecule has 0 radical (unpaired) electrons. The van der Waals surface area contributed by atoms with Gasteiger partial charge in [-0.15, -0.1) is 0 Å². The number of amides is 2. The largest absolute Gasteiger partial charge is 0.466 e. The Morgan fingerprint density at radius 3 is 2.38 bits per heavy atom. The first kappa shape index (κ1) is 30.2. The van der Waals surface area contributed by atoms with Crippen LogP contribution in [-0.2, 0) is 28.7 Å². The van der Waals surface area contributed by atoms with E-state index in [-0.39, 0.29) is 31.6 Å². The van der Waals surface area contributed by atoms with Gasteiger partial charge in [0.1, 0.15) is 6.04 Å². The number of hydrogen-bond donors (Lipinski definition) is 3. The van der Waals surface area contributed by atoms with Crippen LogP contribution < -0.4 is 16.4 Å². The van der Waals surface area contributed by atoms with E-state index in [1.165, 1.54) is 18.8 Å². The summed E-state index contributed by atoms with van der Waals surface area (Å²) in [5.41, 5.74) is 6.00. The number of nitrogens with one attached hydrogen (secondary N) is 2. The first-order valence-corrected chi connectivity index (χ1v) is 11.1. The Kier molecular flexibility index (Phi) is 16.7. The number of ether oxygens (including phenoxy) is 2. The second-order valence-electron chi connectivity index (χ2n) is 6.70. The van der Waals surface area contributed by atoms with Crippen LogP contribution in [0.25, 0.3) is 0 Å². The van der Waals surface area contributed by atoms with E-state index in [1.54, 1.807) is 32.2 Å². The highest BCUT2D eigenvalue weighted by Gasteiger charge is 2.23. The summed E-state index contributed by atoms with van der Waals surface area (Å²) in [7, 11) is 0. The minimum Gasteiger partial charge on any atom is -0.466 e. The van der Waals surface area contributed by atoms with Crippen molar-refractivity contribution in [3.63, 3.8) is 0 Å². The van der Waals surface area contributed by atoms with Gasteiger partial charge in [-0.3, -0.25) is 24.4 Å². The van der Waals surface area contributed by atoms with Crippen LogP contribution >= 0.6 is 0 Å². The molecule has 11 heteroatoms. The zero-order chi connectivity index (χ0) is 25.8. The predicted octanol–water partition coefficient (Wildman–Crippen LogP) is 1.55. The summed E-state index contributed by atoms with van der Waals surface area (Å²) in [4.78, 5) is 55.9. The van der Waals surface area contributed by atoms with Gasteiger partial charge in [0.25, 0.3) is 5.91 Å². The van der Waals surface area contributed by atoms with Crippen molar-refractivity contribution in [2.75, 3.05) is 19.8 Å². The van der Waals surface area contributed by atoms with Crippen LogP contribution in [0.3, 0.4) is 0 Å². The standard InChI is InChI=1S/C20H27N5O6.C3H8/c1-3-30-18(27)8-7-16(20(29)31-4-2)25-17(26)13-24-19(28)14(10-21)11-23-15-6-5-9-22-12-15;1-3-2/h5-6,9-12,16H,3-4,7-8,13,21H2,1-2H3,(H,24,28)(H,25,26);3H2,1-2H3/b14-10+,23-11?;. The van der Waals surface area contributed by atoms with E-state index in [2.05, 4.69) is 34.5 Å². The van der Waals surface area contributed by atoms with E-state index >= 15 is 0 Å².